The Morgan fingerprint density at radius 3 is 2.38 bits per heavy atom. The number of rotatable bonds is 3. The number of hydrogen-bond donors (Lipinski definition) is 3. The average Bonchev–Trinajstić information content (AvgIpc) is 2.38. The molecule has 0 aliphatic carbocycles. The molecular formula is C16H22N4O. The molecule has 0 atom stereocenters. The molecule has 0 unspecified atom stereocenters. The normalized spacial score (nSPS) is 10.9. The van der Waals surface area contributed by atoms with Crippen LogP contribution in [0.3, 0.4) is 0 Å². The third-order valence-electron chi connectivity index (χ3n) is 2.00. The van der Waals surface area contributed by atoms with Crippen molar-refractivity contribution in [1.82, 2.24) is 0 Å². The Kier molecular flexibility index (Phi) is 8.01. The van der Waals surface area contributed by atoms with Crippen molar-refractivity contribution in [2.45, 2.75) is 20.8 Å². The first-order valence-electron chi connectivity index (χ1n) is 6.45. The van der Waals surface area contributed by atoms with Crippen LogP contribution in [-0.2, 0) is 0 Å². The van der Waals surface area contributed by atoms with Gasteiger partial charge in [0.1, 0.15) is 17.6 Å². The van der Waals surface area contributed by atoms with E-state index in [0.717, 1.165) is 5.92 Å². The highest BCUT2D eigenvalue weighted by molar-refractivity contribution is 6.10. The summed E-state index contributed by atoms with van der Waals surface area (Å²) in [6, 6.07) is 6.45. The number of nitriles is 1. The highest BCUT2D eigenvalue weighted by Crippen LogP contribution is 2.21. The summed E-state index contributed by atoms with van der Waals surface area (Å²) in [6.07, 6.45) is 2.76. The van der Waals surface area contributed by atoms with E-state index in [2.05, 4.69) is 32.3 Å². The molecule has 0 aromatic heterocycles. The fraction of sp³-hybridized carbons (Fsp3) is 0.250. The zero-order chi connectivity index (χ0) is 16.4. The van der Waals surface area contributed by atoms with E-state index in [4.69, 9.17) is 16.7 Å². The second-order valence-electron chi connectivity index (χ2n) is 4.95. The smallest absolute Gasteiger partial charge is 0.133 e. The molecule has 0 aliphatic heterocycles. The van der Waals surface area contributed by atoms with Crippen LogP contribution in [0.4, 0.5) is 0 Å². The summed E-state index contributed by atoms with van der Waals surface area (Å²) in [7, 11) is 0. The molecule has 0 aliphatic rings. The van der Waals surface area contributed by atoms with Gasteiger partial charge in [-0.15, -0.1) is 0 Å². The van der Waals surface area contributed by atoms with Gasteiger partial charge in [-0.1, -0.05) is 33.4 Å². The van der Waals surface area contributed by atoms with E-state index in [1.165, 1.54) is 24.5 Å². The van der Waals surface area contributed by atoms with Crippen molar-refractivity contribution in [3.05, 3.63) is 47.9 Å². The molecule has 21 heavy (non-hydrogen) atoms. The van der Waals surface area contributed by atoms with Gasteiger partial charge in [-0.2, -0.15) is 5.26 Å². The number of hydrogen-bond acceptors (Lipinski definition) is 5. The van der Waals surface area contributed by atoms with Crippen LogP contribution < -0.4 is 11.5 Å². The highest BCUT2D eigenvalue weighted by Gasteiger charge is 2.04. The summed E-state index contributed by atoms with van der Waals surface area (Å²) in [4.78, 5) is 3.81. The molecule has 0 bridgehead atoms. The van der Waals surface area contributed by atoms with Crippen LogP contribution in [0.2, 0.25) is 0 Å². The first-order valence-corrected chi connectivity index (χ1v) is 6.45. The number of benzene rings is 1. The van der Waals surface area contributed by atoms with Crippen molar-refractivity contribution in [2.75, 3.05) is 0 Å². The Morgan fingerprint density at radius 1 is 1.43 bits per heavy atom. The molecule has 0 amide bonds. The van der Waals surface area contributed by atoms with Crippen molar-refractivity contribution in [1.29, 1.82) is 5.26 Å². The monoisotopic (exact) mass is 286 g/mol. The van der Waals surface area contributed by atoms with Gasteiger partial charge in [0.15, 0.2) is 0 Å². The fourth-order valence-corrected chi connectivity index (χ4v) is 1.17. The zero-order valence-electron chi connectivity index (χ0n) is 12.7. The Hall–Kier alpha value is -2.74. The minimum absolute atomic E-state index is 0.107. The third-order valence-corrected chi connectivity index (χ3v) is 2.00. The fourth-order valence-electron chi connectivity index (χ4n) is 1.17. The lowest BCUT2D eigenvalue weighted by atomic mass is 10.1. The van der Waals surface area contributed by atoms with Crippen LogP contribution in [0, 0.1) is 17.2 Å². The maximum atomic E-state index is 9.54. The number of aromatic hydroxyl groups is 1. The Bertz CT molecular complexity index is 578. The standard InChI is InChI=1S/C12H12N4O.C4H10/c1-8(15)16-7-11(6-14)9-2-3-10(5-13)12(17)4-9;1-4(2)3/h2-4,6-7,17H,1,14-15H2;4H,1-3H3/b11-6+,16-7-;. The molecule has 1 aromatic rings. The van der Waals surface area contributed by atoms with Gasteiger partial charge in [0, 0.05) is 18.0 Å². The minimum Gasteiger partial charge on any atom is -0.507 e. The van der Waals surface area contributed by atoms with Crippen molar-refractivity contribution in [2.24, 2.45) is 22.4 Å². The van der Waals surface area contributed by atoms with E-state index in [9.17, 15) is 5.11 Å². The summed E-state index contributed by atoms with van der Waals surface area (Å²) in [5, 5.41) is 18.2. The molecule has 5 heteroatoms. The Morgan fingerprint density at radius 2 is 2.00 bits per heavy atom. The predicted octanol–water partition coefficient (Wildman–Crippen LogP) is 2.73. The van der Waals surface area contributed by atoms with Gasteiger partial charge < -0.3 is 16.6 Å². The molecule has 5 N–H and O–H groups in total. The zero-order valence-corrected chi connectivity index (χ0v) is 12.7. The van der Waals surface area contributed by atoms with Crippen molar-refractivity contribution < 1.29 is 5.11 Å². The third kappa shape index (κ3) is 7.43. The summed E-state index contributed by atoms with van der Waals surface area (Å²) in [5.74, 6) is 0.881. The lowest BCUT2D eigenvalue weighted by Crippen LogP contribution is -1.95. The predicted molar refractivity (Wildman–Crippen MR) is 87.3 cm³/mol. The molecule has 1 aromatic carbocycles. The molecule has 1 rings (SSSR count). The van der Waals surface area contributed by atoms with Crippen LogP contribution >= 0.6 is 0 Å². The van der Waals surface area contributed by atoms with Gasteiger partial charge >= 0.3 is 0 Å². The molecule has 0 saturated carbocycles. The quantitative estimate of drug-likeness (QED) is 0.742. The van der Waals surface area contributed by atoms with Crippen molar-refractivity contribution >= 4 is 11.8 Å². The van der Waals surface area contributed by atoms with Gasteiger partial charge in [0.05, 0.1) is 5.56 Å². The molecule has 0 spiro atoms. The number of nitrogens with two attached hydrogens (primary N) is 2. The number of phenols is 1. The van der Waals surface area contributed by atoms with Gasteiger partial charge in [-0.05, 0) is 23.6 Å². The van der Waals surface area contributed by atoms with E-state index in [0.29, 0.717) is 11.1 Å². The van der Waals surface area contributed by atoms with Crippen LogP contribution in [-0.4, -0.2) is 11.3 Å². The molecular weight excluding hydrogens is 264 g/mol. The summed E-state index contributed by atoms with van der Waals surface area (Å²) in [6.45, 7) is 9.92. The second kappa shape index (κ2) is 9.21. The minimum atomic E-state index is -0.107. The van der Waals surface area contributed by atoms with Crippen molar-refractivity contribution in [3.8, 4) is 11.8 Å². The van der Waals surface area contributed by atoms with Gasteiger partial charge in [0.2, 0.25) is 0 Å². The molecule has 0 fully saturated rings. The van der Waals surface area contributed by atoms with Crippen LogP contribution in [0.15, 0.2) is 41.8 Å². The maximum Gasteiger partial charge on any atom is 0.133 e. The lowest BCUT2D eigenvalue weighted by Gasteiger charge is -2.03. The summed E-state index contributed by atoms with van der Waals surface area (Å²) < 4.78 is 0. The van der Waals surface area contributed by atoms with Crippen LogP contribution in [0.25, 0.3) is 5.57 Å². The van der Waals surface area contributed by atoms with E-state index in [1.54, 1.807) is 6.07 Å². The topological polar surface area (TPSA) is 108 Å². The van der Waals surface area contributed by atoms with Crippen molar-refractivity contribution in [3.63, 3.8) is 0 Å². The van der Waals surface area contributed by atoms with E-state index >= 15 is 0 Å². The number of aliphatic imine (C=N–C) groups is 1. The highest BCUT2D eigenvalue weighted by atomic mass is 16.3. The molecule has 5 nitrogen and oxygen atoms in total. The van der Waals surface area contributed by atoms with E-state index < -0.39 is 0 Å². The van der Waals surface area contributed by atoms with Gasteiger partial charge in [-0.3, -0.25) is 0 Å². The number of allylic oxidation sites excluding steroid dienone is 1. The molecule has 0 radical (unpaired) electrons. The second-order valence-corrected chi connectivity index (χ2v) is 4.95. The van der Waals surface area contributed by atoms with Crippen LogP contribution in [0.1, 0.15) is 31.9 Å². The number of phenolic OH excluding ortho intramolecular Hbond substituents is 1. The molecule has 112 valence electrons. The lowest BCUT2D eigenvalue weighted by molar-refractivity contribution is 0.473. The van der Waals surface area contributed by atoms with Gasteiger partial charge in [0.25, 0.3) is 0 Å². The first-order chi connectivity index (χ1) is 9.81. The SMILES string of the molecule is C=C(N)/N=C\C(=C/N)c1ccc(C#N)c(O)c1.CC(C)C. The Balaban J connectivity index is 0.000000885. The van der Waals surface area contributed by atoms with E-state index in [-0.39, 0.29) is 17.1 Å². The summed E-state index contributed by atoms with van der Waals surface area (Å²) >= 11 is 0. The summed E-state index contributed by atoms with van der Waals surface area (Å²) in [5.41, 5.74) is 12.1. The Labute approximate surface area is 125 Å². The average molecular weight is 286 g/mol. The number of nitrogens with zero attached hydrogens (tertiary/aromatic N) is 2. The molecule has 0 heterocycles. The maximum absolute atomic E-state index is 9.54. The first kappa shape index (κ1) is 18.3. The van der Waals surface area contributed by atoms with Gasteiger partial charge in [-0.25, -0.2) is 4.99 Å². The van der Waals surface area contributed by atoms with Crippen LogP contribution in [0.5, 0.6) is 5.75 Å². The molecule has 0 saturated heterocycles. The van der Waals surface area contributed by atoms with E-state index in [1.807, 2.05) is 6.07 Å². The largest absolute Gasteiger partial charge is 0.507 e.